The number of nitrogens with one attached hydrogen (secondary N) is 1. The molecule has 0 unspecified atom stereocenters. The largest absolute Gasteiger partial charge is 0.501 e. The van der Waals surface area contributed by atoms with Gasteiger partial charge in [-0.1, -0.05) is 12.1 Å². The summed E-state index contributed by atoms with van der Waals surface area (Å²) in [4.78, 5) is 12.5. The lowest BCUT2D eigenvalue weighted by Crippen LogP contribution is -2.38. The Hall–Kier alpha value is -3.54. The normalized spacial score (nSPS) is 18.4. The molecule has 0 bridgehead atoms. The summed E-state index contributed by atoms with van der Waals surface area (Å²) in [5.74, 6) is 0.854. The predicted molar refractivity (Wildman–Crippen MR) is 112 cm³/mol. The summed E-state index contributed by atoms with van der Waals surface area (Å²) in [5.41, 5.74) is 2.50. The van der Waals surface area contributed by atoms with Crippen molar-refractivity contribution in [3.63, 3.8) is 0 Å². The number of aliphatic hydroxyl groups excluding tert-OH is 1. The van der Waals surface area contributed by atoms with Gasteiger partial charge in [-0.2, -0.15) is 0 Å². The van der Waals surface area contributed by atoms with E-state index in [-0.39, 0.29) is 23.2 Å². The Balaban J connectivity index is 1.82. The third kappa shape index (κ3) is 3.24. The number of benzene rings is 2. The fourth-order valence-corrected chi connectivity index (χ4v) is 3.85. The molecule has 0 saturated carbocycles. The Morgan fingerprint density at radius 1 is 1.17 bits per heavy atom. The van der Waals surface area contributed by atoms with E-state index in [0.29, 0.717) is 22.8 Å². The van der Waals surface area contributed by atoms with Crippen LogP contribution in [0.2, 0.25) is 0 Å². The number of rotatable bonds is 4. The van der Waals surface area contributed by atoms with Gasteiger partial charge in [-0.3, -0.25) is 4.79 Å². The molecule has 2 aliphatic heterocycles. The van der Waals surface area contributed by atoms with Gasteiger partial charge in [0.05, 0.1) is 0 Å². The average molecular weight is 407 g/mol. The number of hydrogen-bond donors (Lipinski definition) is 2. The van der Waals surface area contributed by atoms with Crippen LogP contribution in [-0.4, -0.2) is 16.5 Å². The van der Waals surface area contributed by atoms with E-state index in [2.05, 4.69) is 5.32 Å². The van der Waals surface area contributed by atoms with Gasteiger partial charge in [-0.15, -0.1) is 0 Å². The Bertz CT molecular complexity index is 1140. The molecule has 2 aromatic carbocycles. The van der Waals surface area contributed by atoms with Crippen molar-refractivity contribution in [1.29, 1.82) is 0 Å². The monoisotopic (exact) mass is 407 g/mol. The van der Waals surface area contributed by atoms with E-state index in [0.717, 1.165) is 16.7 Å². The molecule has 154 valence electrons. The quantitative estimate of drug-likeness (QED) is 0.704. The number of Topliss-reactive ketones (excluding diaryl/α,β-unsaturated/α-hetero) is 1. The lowest BCUT2D eigenvalue weighted by atomic mass is 9.81. The van der Waals surface area contributed by atoms with Crippen molar-refractivity contribution < 1.29 is 23.8 Å². The van der Waals surface area contributed by atoms with Crippen LogP contribution in [0.25, 0.3) is 5.57 Å². The SMILES string of the molecule is C/C=C1\OC(Nc2ccc3c(c2)OC(C)(C)C(C(C)=O)=C3c2ccc(F)cc2)=C1O. The van der Waals surface area contributed by atoms with Crippen LogP contribution in [-0.2, 0) is 9.53 Å². The summed E-state index contributed by atoms with van der Waals surface area (Å²) in [6.45, 7) is 6.94. The van der Waals surface area contributed by atoms with E-state index in [1.54, 1.807) is 37.3 Å². The summed E-state index contributed by atoms with van der Waals surface area (Å²) in [7, 11) is 0. The lowest BCUT2D eigenvalue weighted by molar-refractivity contribution is -0.115. The number of aliphatic hydroxyl groups is 1. The number of allylic oxidation sites excluding steroid dienone is 1. The van der Waals surface area contributed by atoms with E-state index >= 15 is 0 Å². The minimum Gasteiger partial charge on any atom is -0.501 e. The van der Waals surface area contributed by atoms with Gasteiger partial charge in [0.25, 0.3) is 0 Å². The number of hydrogen-bond acceptors (Lipinski definition) is 5. The average Bonchev–Trinajstić information content (AvgIpc) is 2.69. The molecule has 2 heterocycles. The number of fused-ring (bicyclic) bond motifs is 1. The maximum atomic E-state index is 13.5. The molecule has 0 fully saturated rings. The van der Waals surface area contributed by atoms with Crippen LogP contribution in [0.5, 0.6) is 5.75 Å². The molecule has 0 atom stereocenters. The first kappa shape index (κ1) is 19.8. The summed E-state index contributed by atoms with van der Waals surface area (Å²) in [6, 6.07) is 11.5. The van der Waals surface area contributed by atoms with Gasteiger partial charge in [0.15, 0.2) is 11.5 Å². The Morgan fingerprint density at radius 2 is 1.87 bits per heavy atom. The van der Waals surface area contributed by atoms with Crippen LogP contribution < -0.4 is 10.1 Å². The van der Waals surface area contributed by atoms with Gasteiger partial charge in [-0.25, -0.2) is 4.39 Å². The van der Waals surface area contributed by atoms with Crippen molar-refractivity contribution in [1.82, 2.24) is 0 Å². The molecule has 0 aromatic heterocycles. The first-order valence-corrected chi connectivity index (χ1v) is 9.61. The van der Waals surface area contributed by atoms with Crippen LogP contribution in [0.1, 0.15) is 38.8 Å². The van der Waals surface area contributed by atoms with E-state index in [4.69, 9.17) is 9.47 Å². The summed E-state index contributed by atoms with van der Waals surface area (Å²) >= 11 is 0. The molecular formula is C24H22FNO4. The van der Waals surface area contributed by atoms with Crippen LogP contribution in [0, 0.1) is 5.82 Å². The van der Waals surface area contributed by atoms with Gasteiger partial charge in [-0.05, 0) is 63.6 Å². The third-order valence-electron chi connectivity index (χ3n) is 5.13. The smallest absolute Gasteiger partial charge is 0.244 e. The second-order valence-electron chi connectivity index (χ2n) is 7.69. The van der Waals surface area contributed by atoms with Gasteiger partial charge in [0.2, 0.25) is 11.6 Å². The van der Waals surface area contributed by atoms with E-state index in [1.165, 1.54) is 19.1 Å². The predicted octanol–water partition coefficient (Wildman–Crippen LogP) is 5.46. The number of carbonyl (C=O) groups is 1. The van der Waals surface area contributed by atoms with E-state index in [1.807, 2.05) is 19.9 Å². The fourth-order valence-electron chi connectivity index (χ4n) is 3.85. The summed E-state index contributed by atoms with van der Waals surface area (Å²) in [6.07, 6.45) is 1.67. The molecule has 2 aliphatic rings. The molecule has 0 saturated heterocycles. The molecule has 30 heavy (non-hydrogen) atoms. The molecule has 4 rings (SSSR count). The molecule has 5 nitrogen and oxygen atoms in total. The van der Waals surface area contributed by atoms with Crippen LogP contribution in [0.3, 0.4) is 0 Å². The van der Waals surface area contributed by atoms with Crippen molar-refractivity contribution in [2.24, 2.45) is 0 Å². The highest BCUT2D eigenvalue weighted by Crippen LogP contribution is 2.45. The van der Waals surface area contributed by atoms with Crippen molar-refractivity contribution in [2.75, 3.05) is 5.32 Å². The van der Waals surface area contributed by atoms with Gasteiger partial charge in [0, 0.05) is 28.5 Å². The zero-order valence-electron chi connectivity index (χ0n) is 17.2. The topological polar surface area (TPSA) is 67.8 Å². The molecule has 0 amide bonds. The highest BCUT2D eigenvalue weighted by atomic mass is 19.1. The minimum atomic E-state index is -0.881. The Labute approximate surface area is 174 Å². The van der Waals surface area contributed by atoms with Crippen LogP contribution >= 0.6 is 0 Å². The maximum absolute atomic E-state index is 13.5. The molecule has 2 aromatic rings. The van der Waals surface area contributed by atoms with E-state index < -0.39 is 5.60 Å². The number of ether oxygens (including phenoxy) is 2. The van der Waals surface area contributed by atoms with Crippen LogP contribution in [0.15, 0.2) is 71.5 Å². The van der Waals surface area contributed by atoms with Crippen molar-refractivity contribution in [2.45, 2.75) is 33.3 Å². The first-order chi connectivity index (χ1) is 14.2. The van der Waals surface area contributed by atoms with Gasteiger partial charge < -0.3 is 19.9 Å². The lowest BCUT2D eigenvalue weighted by Gasteiger charge is -2.36. The first-order valence-electron chi connectivity index (χ1n) is 9.61. The van der Waals surface area contributed by atoms with Gasteiger partial charge >= 0.3 is 0 Å². The van der Waals surface area contributed by atoms with Crippen molar-refractivity contribution >= 4 is 17.0 Å². The van der Waals surface area contributed by atoms with Gasteiger partial charge in [0.1, 0.15) is 17.2 Å². The highest BCUT2D eigenvalue weighted by molar-refractivity contribution is 6.07. The number of ketones is 1. The maximum Gasteiger partial charge on any atom is 0.244 e. The zero-order valence-corrected chi connectivity index (χ0v) is 17.2. The number of halogens is 1. The third-order valence-corrected chi connectivity index (χ3v) is 5.13. The Kier molecular flexibility index (Phi) is 4.65. The van der Waals surface area contributed by atoms with E-state index in [9.17, 15) is 14.3 Å². The molecule has 0 spiro atoms. The number of anilines is 1. The molecule has 0 radical (unpaired) electrons. The summed E-state index contributed by atoms with van der Waals surface area (Å²) < 4.78 is 25.1. The molecule has 0 aliphatic carbocycles. The standard InChI is InChI=1S/C24H22FNO4/c1-5-18-22(28)23(29-18)26-16-10-11-17-19(12-16)30-24(3,4)21(13(2)27)20(17)14-6-8-15(25)9-7-14/h5-12,26,28H,1-4H3/b18-5-. The second-order valence-corrected chi connectivity index (χ2v) is 7.69. The molecular weight excluding hydrogens is 385 g/mol. The Morgan fingerprint density at radius 3 is 2.47 bits per heavy atom. The summed E-state index contributed by atoms with van der Waals surface area (Å²) in [5, 5.41) is 13.0. The number of carbonyl (C=O) groups excluding carboxylic acids is 1. The zero-order chi connectivity index (χ0) is 21.6. The molecule has 2 N–H and O–H groups in total. The van der Waals surface area contributed by atoms with Crippen LogP contribution in [0.4, 0.5) is 10.1 Å². The fraction of sp³-hybridized carbons (Fsp3) is 0.208. The van der Waals surface area contributed by atoms with Crippen molar-refractivity contribution in [3.8, 4) is 5.75 Å². The second kappa shape index (κ2) is 7.06. The minimum absolute atomic E-state index is 0.0576. The van der Waals surface area contributed by atoms with Crippen molar-refractivity contribution in [3.05, 3.63) is 88.5 Å². The highest BCUT2D eigenvalue weighted by Gasteiger charge is 2.38. The molecule has 6 heteroatoms.